The summed E-state index contributed by atoms with van der Waals surface area (Å²) in [5.41, 5.74) is 4.33. The van der Waals surface area contributed by atoms with Gasteiger partial charge in [-0.3, -0.25) is 4.79 Å². The summed E-state index contributed by atoms with van der Waals surface area (Å²) >= 11 is 0. The Morgan fingerprint density at radius 1 is 1.11 bits per heavy atom. The molecule has 0 aliphatic heterocycles. The van der Waals surface area contributed by atoms with Crippen LogP contribution in [0.2, 0.25) is 0 Å². The molecule has 28 heavy (non-hydrogen) atoms. The summed E-state index contributed by atoms with van der Waals surface area (Å²) in [7, 11) is 1.72. The number of hydrogen-bond donors (Lipinski definition) is 2. The van der Waals surface area contributed by atoms with Crippen molar-refractivity contribution in [1.82, 2.24) is 4.98 Å². The Morgan fingerprint density at radius 2 is 2.00 bits per heavy atom. The van der Waals surface area contributed by atoms with Crippen LogP contribution in [0.1, 0.15) is 36.4 Å². The van der Waals surface area contributed by atoms with Crippen molar-refractivity contribution in [2.45, 2.75) is 31.7 Å². The molecule has 2 aromatic carbocycles. The summed E-state index contributed by atoms with van der Waals surface area (Å²) in [4.78, 5) is 16.7. The average Bonchev–Trinajstić information content (AvgIpc) is 3.50. The molecule has 0 spiro atoms. The van der Waals surface area contributed by atoms with Gasteiger partial charge in [0.2, 0.25) is 5.91 Å². The number of fused-ring (bicyclic) bond motifs is 2. The molecule has 2 aliphatic carbocycles. The summed E-state index contributed by atoms with van der Waals surface area (Å²) in [5.74, 6) is 2.11. The van der Waals surface area contributed by atoms with Gasteiger partial charge in [-0.2, -0.15) is 0 Å². The normalized spacial score (nSPS) is 18.0. The second-order valence-corrected chi connectivity index (χ2v) is 7.64. The first-order valence-corrected chi connectivity index (χ1v) is 9.85. The minimum atomic E-state index is 0.124. The van der Waals surface area contributed by atoms with Crippen molar-refractivity contribution >= 4 is 28.3 Å². The highest BCUT2D eigenvalue weighted by Gasteiger charge is 2.29. The van der Waals surface area contributed by atoms with Crippen LogP contribution in [0, 0.1) is 5.92 Å². The zero-order valence-corrected chi connectivity index (χ0v) is 15.9. The van der Waals surface area contributed by atoms with Gasteiger partial charge in [0.05, 0.1) is 18.7 Å². The van der Waals surface area contributed by atoms with Crippen molar-refractivity contribution < 1.29 is 9.53 Å². The Labute approximate surface area is 164 Å². The van der Waals surface area contributed by atoms with Gasteiger partial charge in [-0.05, 0) is 67.6 Å². The zero-order valence-electron chi connectivity index (χ0n) is 15.9. The minimum absolute atomic E-state index is 0.124. The smallest absolute Gasteiger partial charge is 0.227 e. The van der Waals surface area contributed by atoms with E-state index in [0.717, 1.165) is 53.8 Å². The van der Waals surface area contributed by atoms with Crippen LogP contribution in [0.15, 0.2) is 48.5 Å². The van der Waals surface area contributed by atoms with Crippen molar-refractivity contribution in [3.05, 3.63) is 59.7 Å². The van der Waals surface area contributed by atoms with E-state index in [2.05, 4.69) is 22.8 Å². The maximum absolute atomic E-state index is 12.0. The van der Waals surface area contributed by atoms with Crippen LogP contribution in [0.25, 0.3) is 10.9 Å². The third-order valence-electron chi connectivity index (χ3n) is 5.65. The molecule has 1 amide bonds. The van der Waals surface area contributed by atoms with Gasteiger partial charge in [-0.25, -0.2) is 4.98 Å². The topological polar surface area (TPSA) is 63.2 Å². The molecular formula is C23H23N3O2. The largest absolute Gasteiger partial charge is 0.496 e. The molecule has 0 radical (unpaired) electrons. The lowest BCUT2D eigenvalue weighted by molar-refractivity contribution is -0.117. The van der Waals surface area contributed by atoms with Gasteiger partial charge in [-0.15, -0.1) is 0 Å². The number of hydrogen-bond acceptors (Lipinski definition) is 4. The lowest BCUT2D eigenvalue weighted by atomic mass is 10.1. The second-order valence-electron chi connectivity index (χ2n) is 7.64. The van der Waals surface area contributed by atoms with Crippen LogP contribution >= 0.6 is 0 Å². The van der Waals surface area contributed by atoms with Crippen LogP contribution < -0.4 is 15.4 Å². The SMILES string of the molecule is COc1cccc2c1C(Nc1ccc3cc(NC(=O)C4CC4)ccc3n1)CC2. The van der Waals surface area contributed by atoms with E-state index in [1.807, 2.05) is 36.4 Å². The number of nitrogens with zero attached hydrogens (tertiary/aromatic N) is 1. The number of pyridine rings is 1. The first-order valence-electron chi connectivity index (χ1n) is 9.85. The number of nitrogens with one attached hydrogen (secondary N) is 2. The van der Waals surface area contributed by atoms with E-state index in [9.17, 15) is 4.79 Å². The van der Waals surface area contributed by atoms with Gasteiger partial charge in [0.1, 0.15) is 11.6 Å². The molecule has 1 saturated carbocycles. The first kappa shape index (κ1) is 17.0. The number of aryl methyl sites for hydroxylation is 1. The summed E-state index contributed by atoms with van der Waals surface area (Å²) in [6.45, 7) is 0. The van der Waals surface area contributed by atoms with Crippen LogP contribution in [0.3, 0.4) is 0 Å². The Balaban J connectivity index is 1.37. The molecule has 2 N–H and O–H groups in total. The van der Waals surface area contributed by atoms with Gasteiger partial charge < -0.3 is 15.4 Å². The highest BCUT2D eigenvalue weighted by molar-refractivity contribution is 5.96. The van der Waals surface area contributed by atoms with Crippen LogP contribution in [-0.2, 0) is 11.2 Å². The molecule has 3 aromatic rings. The van der Waals surface area contributed by atoms with Crippen LogP contribution in [-0.4, -0.2) is 18.0 Å². The molecule has 5 rings (SSSR count). The van der Waals surface area contributed by atoms with Gasteiger partial charge in [0, 0.05) is 22.6 Å². The van der Waals surface area contributed by atoms with Gasteiger partial charge in [-0.1, -0.05) is 12.1 Å². The highest BCUT2D eigenvalue weighted by atomic mass is 16.5. The Kier molecular flexibility index (Phi) is 4.15. The van der Waals surface area contributed by atoms with Gasteiger partial charge in [0.25, 0.3) is 0 Å². The quantitative estimate of drug-likeness (QED) is 0.681. The van der Waals surface area contributed by atoms with E-state index in [-0.39, 0.29) is 17.9 Å². The summed E-state index contributed by atoms with van der Waals surface area (Å²) in [6.07, 6.45) is 4.08. The van der Waals surface area contributed by atoms with Gasteiger partial charge in [0.15, 0.2) is 0 Å². The Morgan fingerprint density at radius 3 is 2.82 bits per heavy atom. The average molecular weight is 373 g/mol. The number of benzene rings is 2. The van der Waals surface area contributed by atoms with Gasteiger partial charge >= 0.3 is 0 Å². The van der Waals surface area contributed by atoms with E-state index in [1.54, 1.807) is 7.11 Å². The zero-order chi connectivity index (χ0) is 19.1. The van der Waals surface area contributed by atoms with Crippen molar-refractivity contribution in [1.29, 1.82) is 0 Å². The number of rotatable bonds is 5. The standard InChI is InChI=1S/C23H23N3O2/c1-28-20-4-2-3-14-7-10-19(22(14)20)26-21-12-8-16-13-17(9-11-18(16)25-21)24-23(27)15-5-6-15/h2-4,8-9,11-13,15,19H,5-7,10H2,1H3,(H,24,27)(H,25,26). The summed E-state index contributed by atoms with van der Waals surface area (Å²) in [6, 6.07) is 16.4. The maximum Gasteiger partial charge on any atom is 0.227 e. The number of amides is 1. The Bertz CT molecular complexity index is 1060. The van der Waals surface area contributed by atoms with E-state index >= 15 is 0 Å². The third-order valence-corrected chi connectivity index (χ3v) is 5.65. The highest BCUT2D eigenvalue weighted by Crippen LogP contribution is 2.39. The molecule has 0 saturated heterocycles. The number of ether oxygens (including phenoxy) is 1. The fourth-order valence-corrected chi connectivity index (χ4v) is 4.02. The lowest BCUT2D eigenvalue weighted by Crippen LogP contribution is -2.13. The fraction of sp³-hybridized carbons (Fsp3) is 0.304. The fourth-order valence-electron chi connectivity index (χ4n) is 4.02. The third kappa shape index (κ3) is 3.17. The number of methoxy groups -OCH3 is 1. The molecule has 1 heterocycles. The van der Waals surface area contributed by atoms with Crippen molar-refractivity contribution in [3.8, 4) is 5.75 Å². The van der Waals surface area contributed by atoms with Crippen LogP contribution in [0.5, 0.6) is 5.75 Å². The summed E-state index contributed by atoms with van der Waals surface area (Å²) < 4.78 is 5.57. The molecule has 0 bridgehead atoms. The number of anilines is 2. The van der Waals surface area contributed by atoms with E-state index in [1.165, 1.54) is 11.1 Å². The number of carbonyl (C=O) groups is 1. The lowest BCUT2D eigenvalue weighted by Gasteiger charge is -2.18. The monoisotopic (exact) mass is 373 g/mol. The molecule has 5 heteroatoms. The maximum atomic E-state index is 12.0. The molecule has 1 unspecified atom stereocenters. The molecular weight excluding hydrogens is 350 g/mol. The second kappa shape index (κ2) is 6.82. The molecule has 5 nitrogen and oxygen atoms in total. The van der Waals surface area contributed by atoms with E-state index in [4.69, 9.17) is 9.72 Å². The van der Waals surface area contributed by atoms with Crippen molar-refractivity contribution in [3.63, 3.8) is 0 Å². The number of carbonyl (C=O) groups excluding carboxylic acids is 1. The minimum Gasteiger partial charge on any atom is -0.496 e. The molecule has 1 aromatic heterocycles. The summed E-state index contributed by atoms with van der Waals surface area (Å²) in [5, 5.41) is 7.59. The predicted octanol–water partition coefficient (Wildman–Crippen LogP) is 4.69. The van der Waals surface area contributed by atoms with E-state index in [0.29, 0.717) is 0 Å². The molecule has 2 aliphatic rings. The first-order chi connectivity index (χ1) is 13.7. The van der Waals surface area contributed by atoms with Crippen molar-refractivity contribution in [2.75, 3.05) is 17.7 Å². The predicted molar refractivity (Wildman–Crippen MR) is 111 cm³/mol. The number of aromatic nitrogens is 1. The van der Waals surface area contributed by atoms with E-state index < -0.39 is 0 Å². The molecule has 1 atom stereocenters. The van der Waals surface area contributed by atoms with Crippen molar-refractivity contribution in [2.24, 2.45) is 5.92 Å². The van der Waals surface area contributed by atoms with Crippen LogP contribution in [0.4, 0.5) is 11.5 Å². The molecule has 1 fully saturated rings. The Hall–Kier alpha value is -3.08. The molecule has 142 valence electrons.